The Kier molecular flexibility index (Phi) is 5.38. The summed E-state index contributed by atoms with van der Waals surface area (Å²) in [7, 11) is 0. The van der Waals surface area contributed by atoms with E-state index in [0.29, 0.717) is 6.04 Å². The fraction of sp³-hybridized carbons (Fsp3) is 0.647. The molecule has 1 unspecified atom stereocenters. The van der Waals surface area contributed by atoms with Crippen molar-refractivity contribution in [2.45, 2.75) is 58.4 Å². The molecule has 0 bridgehead atoms. The van der Waals surface area contributed by atoms with E-state index >= 15 is 0 Å². The summed E-state index contributed by atoms with van der Waals surface area (Å²) in [6.45, 7) is 5.31. The van der Waals surface area contributed by atoms with Crippen molar-refractivity contribution >= 4 is 0 Å². The third-order valence-corrected chi connectivity index (χ3v) is 4.37. The molecule has 0 saturated heterocycles. The van der Waals surface area contributed by atoms with Gasteiger partial charge in [-0.3, -0.25) is 0 Å². The number of halogens is 1. The number of rotatable bonds is 6. The van der Waals surface area contributed by atoms with Gasteiger partial charge in [0, 0.05) is 6.04 Å². The number of aryl methyl sites for hydroxylation is 1. The molecule has 19 heavy (non-hydrogen) atoms. The lowest BCUT2D eigenvalue weighted by Gasteiger charge is -2.25. The lowest BCUT2D eigenvalue weighted by molar-refractivity contribution is 0.356. The van der Waals surface area contributed by atoms with Gasteiger partial charge < -0.3 is 5.32 Å². The predicted molar refractivity (Wildman–Crippen MR) is 78.9 cm³/mol. The third kappa shape index (κ3) is 4.04. The minimum absolute atomic E-state index is 0.125. The van der Waals surface area contributed by atoms with Crippen LogP contribution in [0.15, 0.2) is 18.2 Å². The SMILES string of the molecule is CCCNC(Cc1ccc(F)cc1C)C1CCCC1. The van der Waals surface area contributed by atoms with Crippen molar-refractivity contribution in [1.82, 2.24) is 5.32 Å². The van der Waals surface area contributed by atoms with Crippen LogP contribution in [-0.4, -0.2) is 12.6 Å². The average Bonchev–Trinajstić information content (AvgIpc) is 2.90. The van der Waals surface area contributed by atoms with Crippen LogP contribution >= 0.6 is 0 Å². The molecule has 2 heteroatoms. The van der Waals surface area contributed by atoms with Crippen molar-refractivity contribution in [2.75, 3.05) is 6.54 Å². The molecule has 0 radical (unpaired) electrons. The molecule has 1 aromatic rings. The third-order valence-electron chi connectivity index (χ3n) is 4.37. The molecule has 0 amide bonds. The van der Waals surface area contributed by atoms with E-state index < -0.39 is 0 Å². The van der Waals surface area contributed by atoms with Gasteiger partial charge in [0.25, 0.3) is 0 Å². The molecule has 1 aromatic carbocycles. The molecule has 2 rings (SSSR count). The minimum Gasteiger partial charge on any atom is -0.313 e. The summed E-state index contributed by atoms with van der Waals surface area (Å²) >= 11 is 0. The largest absolute Gasteiger partial charge is 0.313 e. The van der Waals surface area contributed by atoms with E-state index in [4.69, 9.17) is 0 Å². The summed E-state index contributed by atoms with van der Waals surface area (Å²) in [5.74, 6) is 0.677. The van der Waals surface area contributed by atoms with E-state index in [2.05, 4.69) is 12.2 Å². The quantitative estimate of drug-likeness (QED) is 0.809. The van der Waals surface area contributed by atoms with Crippen LogP contribution in [-0.2, 0) is 6.42 Å². The van der Waals surface area contributed by atoms with Gasteiger partial charge in [-0.15, -0.1) is 0 Å². The van der Waals surface area contributed by atoms with Crippen molar-refractivity contribution in [3.05, 3.63) is 35.1 Å². The zero-order valence-electron chi connectivity index (χ0n) is 12.2. The second-order valence-corrected chi connectivity index (χ2v) is 5.88. The Labute approximate surface area is 116 Å². The van der Waals surface area contributed by atoms with Gasteiger partial charge in [-0.25, -0.2) is 4.39 Å². The summed E-state index contributed by atoms with van der Waals surface area (Å²) in [6, 6.07) is 5.77. The van der Waals surface area contributed by atoms with Crippen LogP contribution in [0.3, 0.4) is 0 Å². The van der Waals surface area contributed by atoms with Crippen LogP contribution in [0.4, 0.5) is 4.39 Å². The Morgan fingerprint density at radius 2 is 2.05 bits per heavy atom. The predicted octanol–water partition coefficient (Wildman–Crippen LogP) is 4.24. The van der Waals surface area contributed by atoms with Crippen molar-refractivity contribution in [1.29, 1.82) is 0 Å². The van der Waals surface area contributed by atoms with Gasteiger partial charge in [-0.2, -0.15) is 0 Å². The number of hydrogen-bond acceptors (Lipinski definition) is 1. The highest BCUT2D eigenvalue weighted by Crippen LogP contribution is 2.29. The van der Waals surface area contributed by atoms with Crippen LogP contribution in [0.25, 0.3) is 0 Å². The van der Waals surface area contributed by atoms with Gasteiger partial charge in [0.05, 0.1) is 0 Å². The van der Waals surface area contributed by atoms with E-state index in [1.54, 1.807) is 12.1 Å². The first-order valence-corrected chi connectivity index (χ1v) is 7.69. The molecule has 106 valence electrons. The van der Waals surface area contributed by atoms with Crippen LogP contribution in [0.5, 0.6) is 0 Å². The molecule has 1 N–H and O–H groups in total. The Morgan fingerprint density at radius 3 is 2.68 bits per heavy atom. The smallest absolute Gasteiger partial charge is 0.123 e. The molecule has 1 aliphatic carbocycles. The molecule has 1 aliphatic rings. The van der Waals surface area contributed by atoms with Crippen molar-refractivity contribution < 1.29 is 4.39 Å². The molecule has 0 aliphatic heterocycles. The van der Waals surface area contributed by atoms with Crippen molar-refractivity contribution in [2.24, 2.45) is 5.92 Å². The minimum atomic E-state index is -0.125. The Balaban J connectivity index is 2.05. The van der Waals surface area contributed by atoms with Gasteiger partial charge in [0.1, 0.15) is 5.82 Å². The Hall–Kier alpha value is -0.890. The highest BCUT2D eigenvalue weighted by molar-refractivity contribution is 5.27. The molecule has 1 fully saturated rings. The molecule has 1 nitrogen and oxygen atoms in total. The van der Waals surface area contributed by atoms with E-state index in [-0.39, 0.29) is 5.82 Å². The summed E-state index contributed by atoms with van der Waals surface area (Å²) in [5, 5.41) is 3.71. The molecular formula is C17H26FN. The first kappa shape index (κ1) is 14.5. The van der Waals surface area contributed by atoms with Gasteiger partial charge in [0.15, 0.2) is 0 Å². The van der Waals surface area contributed by atoms with E-state index in [9.17, 15) is 4.39 Å². The van der Waals surface area contributed by atoms with Crippen LogP contribution in [0.1, 0.15) is 50.2 Å². The summed E-state index contributed by atoms with van der Waals surface area (Å²) < 4.78 is 13.2. The standard InChI is InChI=1S/C17H26FN/c1-3-10-19-17(14-6-4-5-7-14)12-15-8-9-16(18)11-13(15)2/h8-9,11,14,17,19H,3-7,10,12H2,1-2H3. The normalized spacial score (nSPS) is 17.8. The lowest BCUT2D eigenvalue weighted by atomic mass is 9.90. The van der Waals surface area contributed by atoms with E-state index in [1.807, 2.05) is 13.0 Å². The first-order valence-electron chi connectivity index (χ1n) is 7.69. The topological polar surface area (TPSA) is 12.0 Å². The fourth-order valence-electron chi connectivity index (χ4n) is 3.22. The average molecular weight is 263 g/mol. The highest BCUT2D eigenvalue weighted by Gasteiger charge is 2.24. The van der Waals surface area contributed by atoms with Gasteiger partial charge in [0.2, 0.25) is 0 Å². The second-order valence-electron chi connectivity index (χ2n) is 5.88. The summed E-state index contributed by atoms with van der Waals surface area (Å²) in [6.07, 6.45) is 7.65. The number of benzene rings is 1. The molecule has 0 heterocycles. The van der Waals surface area contributed by atoms with Crippen LogP contribution < -0.4 is 5.32 Å². The van der Waals surface area contributed by atoms with Crippen molar-refractivity contribution in [3.63, 3.8) is 0 Å². The van der Waals surface area contributed by atoms with E-state index in [1.165, 1.54) is 37.7 Å². The zero-order valence-corrected chi connectivity index (χ0v) is 12.2. The second kappa shape index (κ2) is 7.04. The van der Waals surface area contributed by atoms with Crippen LogP contribution in [0, 0.1) is 18.7 Å². The maximum Gasteiger partial charge on any atom is 0.123 e. The highest BCUT2D eigenvalue weighted by atomic mass is 19.1. The molecule has 0 spiro atoms. The molecule has 0 aromatic heterocycles. The molecule has 1 saturated carbocycles. The van der Waals surface area contributed by atoms with Crippen molar-refractivity contribution in [3.8, 4) is 0 Å². The number of hydrogen-bond donors (Lipinski definition) is 1. The summed E-state index contributed by atoms with van der Waals surface area (Å²) in [4.78, 5) is 0. The summed E-state index contributed by atoms with van der Waals surface area (Å²) in [5.41, 5.74) is 2.38. The van der Waals surface area contributed by atoms with E-state index in [0.717, 1.165) is 24.4 Å². The Morgan fingerprint density at radius 1 is 1.32 bits per heavy atom. The van der Waals surface area contributed by atoms with Crippen LogP contribution in [0.2, 0.25) is 0 Å². The molecular weight excluding hydrogens is 237 g/mol. The van der Waals surface area contributed by atoms with Gasteiger partial charge in [-0.1, -0.05) is 25.8 Å². The maximum atomic E-state index is 13.2. The Bertz CT molecular complexity index is 396. The van der Waals surface area contributed by atoms with Gasteiger partial charge in [-0.05, 0) is 68.3 Å². The maximum absolute atomic E-state index is 13.2. The number of nitrogens with one attached hydrogen (secondary N) is 1. The molecule has 1 atom stereocenters. The monoisotopic (exact) mass is 263 g/mol. The van der Waals surface area contributed by atoms with Gasteiger partial charge >= 0.3 is 0 Å². The zero-order chi connectivity index (χ0) is 13.7. The fourth-order valence-corrected chi connectivity index (χ4v) is 3.22. The first-order chi connectivity index (χ1) is 9.20. The lowest BCUT2D eigenvalue weighted by Crippen LogP contribution is -2.37.